The van der Waals surface area contributed by atoms with Crippen LogP contribution >= 0.6 is 0 Å². The largest absolute Gasteiger partial charge is 0.463 e. The van der Waals surface area contributed by atoms with Crippen molar-refractivity contribution in [1.29, 1.82) is 0 Å². The van der Waals surface area contributed by atoms with Gasteiger partial charge in [-0.25, -0.2) is 13.2 Å². The van der Waals surface area contributed by atoms with Crippen LogP contribution < -0.4 is 0 Å². The summed E-state index contributed by atoms with van der Waals surface area (Å²) in [6, 6.07) is 18.1. The zero-order valence-corrected chi connectivity index (χ0v) is 24.3. The molecular weight excluding hydrogens is 536 g/mol. The van der Waals surface area contributed by atoms with Gasteiger partial charge in [-0.05, 0) is 69.5 Å². The molecule has 0 bridgehead atoms. The lowest BCUT2D eigenvalue weighted by molar-refractivity contribution is -0.137. The molecule has 1 aliphatic carbocycles. The molecule has 0 aromatic heterocycles. The highest BCUT2D eigenvalue weighted by Crippen LogP contribution is 2.37. The van der Waals surface area contributed by atoms with E-state index in [0.29, 0.717) is 22.3 Å². The van der Waals surface area contributed by atoms with Crippen molar-refractivity contribution < 1.29 is 27.5 Å². The molecule has 0 spiro atoms. The van der Waals surface area contributed by atoms with Crippen LogP contribution in [0.3, 0.4) is 0 Å². The standard InChI is InChI=1S/C34H32O6S/c1-5-40-32(35)20-24(4)10-8-9-23(3)19-31(41(38,39)26-16-13-22(2)14-17-26)25-15-18-29-30(21-25)34(37)28-12-7-6-11-27(28)33(29)36/h6-18,20-21,31H,5,19H2,1-4H3/b10-8+,23-9+,24-20+. The van der Waals surface area contributed by atoms with E-state index < -0.39 is 21.1 Å². The Labute approximate surface area is 241 Å². The maximum atomic E-state index is 14.0. The first kappa shape index (κ1) is 29.6. The number of ether oxygens (including phenoxy) is 1. The van der Waals surface area contributed by atoms with Crippen molar-refractivity contribution in [1.82, 2.24) is 0 Å². The zero-order chi connectivity index (χ0) is 29.7. The van der Waals surface area contributed by atoms with Crippen LogP contribution in [0.5, 0.6) is 0 Å². The minimum absolute atomic E-state index is 0.151. The molecule has 0 N–H and O–H groups in total. The summed E-state index contributed by atoms with van der Waals surface area (Å²) in [7, 11) is -3.88. The van der Waals surface area contributed by atoms with E-state index in [4.69, 9.17) is 4.74 Å². The third-order valence-electron chi connectivity index (χ3n) is 6.92. The summed E-state index contributed by atoms with van der Waals surface area (Å²) in [4.78, 5) is 38.3. The van der Waals surface area contributed by atoms with Crippen molar-refractivity contribution in [2.45, 2.75) is 44.3 Å². The van der Waals surface area contributed by atoms with Crippen LogP contribution in [0.25, 0.3) is 0 Å². The number of carbonyl (C=O) groups is 3. The zero-order valence-electron chi connectivity index (χ0n) is 23.5. The van der Waals surface area contributed by atoms with Gasteiger partial charge in [0.05, 0.1) is 16.8 Å². The fourth-order valence-electron chi connectivity index (χ4n) is 4.76. The second-order valence-corrected chi connectivity index (χ2v) is 12.2. The monoisotopic (exact) mass is 568 g/mol. The van der Waals surface area contributed by atoms with Gasteiger partial charge >= 0.3 is 5.97 Å². The lowest BCUT2D eigenvalue weighted by Gasteiger charge is -2.22. The normalized spacial score (nSPS) is 14.5. The van der Waals surface area contributed by atoms with Crippen molar-refractivity contribution in [2.24, 2.45) is 0 Å². The molecule has 0 saturated carbocycles. The van der Waals surface area contributed by atoms with Crippen LogP contribution in [-0.4, -0.2) is 32.6 Å². The summed E-state index contributed by atoms with van der Waals surface area (Å²) in [5, 5.41) is -1.00. The number of hydrogen-bond donors (Lipinski definition) is 0. The van der Waals surface area contributed by atoms with Gasteiger partial charge in [0.15, 0.2) is 21.4 Å². The number of esters is 1. The molecule has 0 heterocycles. The number of hydrogen-bond acceptors (Lipinski definition) is 6. The lowest BCUT2D eigenvalue weighted by Crippen LogP contribution is -2.22. The van der Waals surface area contributed by atoms with Crippen LogP contribution in [0.1, 0.15) is 75.4 Å². The van der Waals surface area contributed by atoms with E-state index in [0.717, 1.165) is 11.1 Å². The second-order valence-electron chi connectivity index (χ2n) is 10.1. The topological polar surface area (TPSA) is 94.6 Å². The molecule has 210 valence electrons. The van der Waals surface area contributed by atoms with E-state index in [1.807, 2.05) is 13.8 Å². The smallest absolute Gasteiger partial charge is 0.330 e. The van der Waals surface area contributed by atoms with E-state index in [1.54, 1.807) is 98.8 Å². The molecule has 0 fully saturated rings. The number of rotatable bonds is 9. The van der Waals surface area contributed by atoms with Crippen LogP contribution in [0, 0.1) is 6.92 Å². The van der Waals surface area contributed by atoms with Crippen molar-refractivity contribution in [3.63, 3.8) is 0 Å². The summed E-state index contributed by atoms with van der Waals surface area (Å²) in [5.41, 5.74) is 3.96. The quantitative estimate of drug-likeness (QED) is 0.127. The highest BCUT2D eigenvalue weighted by atomic mass is 32.2. The Kier molecular flexibility index (Phi) is 8.98. The Balaban J connectivity index is 1.73. The lowest BCUT2D eigenvalue weighted by atomic mass is 9.83. The van der Waals surface area contributed by atoms with Crippen LogP contribution in [0.4, 0.5) is 0 Å². The Morgan fingerprint density at radius 3 is 2.12 bits per heavy atom. The molecule has 0 saturated heterocycles. The van der Waals surface area contributed by atoms with Crippen molar-refractivity contribution in [2.75, 3.05) is 6.61 Å². The summed E-state index contributed by atoms with van der Waals surface area (Å²) in [6.07, 6.45) is 6.83. The van der Waals surface area contributed by atoms with E-state index in [1.165, 1.54) is 6.08 Å². The highest BCUT2D eigenvalue weighted by molar-refractivity contribution is 7.91. The van der Waals surface area contributed by atoms with E-state index in [9.17, 15) is 22.8 Å². The molecule has 0 radical (unpaired) electrons. The Bertz CT molecular complexity index is 1710. The fraction of sp³-hybridized carbons (Fsp3) is 0.206. The third kappa shape index (κ3) is 6.52. The molecule has 3 aromatic rings. The second kappa shape index (κ2) is 12.4. The first-order valence-corrected chi connectivity index (χ1v) is 14.9. The minimum Gasteiger partial charge on any atom is -0.463 e. The molecular formula is C34H32O6S. The van der Waals surface area contributed by atoms with E-state index in [-0.39, 0.29) is 40.6 Å². The number of fused-ring (bicyclic) bond motifs is 2. The minimum atomic E-state index is -3.88. The summed E-state index contributed by atoms with van der Waals surface area (Å²) < 4.78 is 32.9. The Morgan fingerprint density at radius 1 is 0.878 bits per heavy atom. The number of benzene rings is 3. The first-order chi connectivity index (χ1) is 19.5. The maximum Gasteiger partial charge on any atom is 0.330 e. The van der Waals surface area contributed by atoms with Gasteiger partial charge in [-0.1, -0.05) is 71.8 Å². The molecule has 4 rings (SSSR count). The molecule has 1 atom stereocenters. The maximum absolute atomic E-state index is 14.0. The van der Waals surface area contributed by atoms with Crippen molar-refractivity contribution in [3.8, 4) is 0 Å². The third-order valence-corrected chi connectivity index (χ3v) is 9.04. The number of aryl methyl sites for hydroxylation is 1. The molecule has 7 heteroatoms. The van der Waals surface area contributed by atoms with Gasteiger partial charge in [0.1, 0.15) is 0 Å². The summed E-state index contributed by atoms with van der Waals surface area (Å²) in [5.74, 6) is -0.989. The average molecular weight is 569 g/mol. The Morgan fingerprint density at radius 2 is 1.49 bits per heavy atom. The van der Waals surface area contributed by atoms with Gasteiger partial charge in [-0.2, -0.15) is 0 Å². The Hall–Kier alpha value is -4.36. The molecule has 1 aliphatic rings. The predicted octanol–water partition coefficient (Wildman–Crippen LogP) is 6.69. The van der Waals surface area contributed by atoms with E-state index in [2.05, 4.69) is 0 Å². The summed E-state index contributed by atoms with van der Waals surface area (Å²) in [6.45, 7) is 7.51. The molecule has 1 unspecified atom stereocenters. The van der Waals surface area contributed by atoms with Crippen LogP contribution in [-0.2, 0) is 19.4 Å². The molecule has 0 amide bonds. The van der Waals surface area contributed by atoms with Crippen LogP contribution in [0.15, 0.2) is 107 Å². The first-order valence-electron chi connectivity index (χ1n) is 13.3. The van der Waals surface area contributed by atoms with Gasteiger partial charge in [0.2, 0.25) is 0 Å². The fourth-order valence-corrected chi connectivity index (χ4v) is 6.59. The van der Waals surface area contributed by atoms with Gasteiger partial charge in [0, 0.05) is 28.3 Å². The van der Waals surface area contributed by atoms with Gasteiger partial charge in [0.25, 0.3) is 0 Å². The van der Waals surface area contributed by atoms with Gasteiger partial charge < -0.3 is 4.74 Å². The molecule has 6 nitrogen and oxygen atoms in total. The van der Waals surface area contributed by atoms with Gasteiger partial charge in [-0.15, -0.1) is 0 Å². The van der Waals surface area contributed by atoms with Crippen molar-refractivity contribution in [3.05, 3.63) is 136 Å². The summed E-state index contributed by atoms with van der Waals surface area (Å²) >= 11 is 0. The van der Waals surface area contributed by atoms with Gasteiger partial charge in [-0.3, -0.25) is 9.59 Å². The van der Waals surface area contributed by atoms with Crippen molar-refractivity contribution >= 4 is 27.4 Å². The molecule has 41 heavy (non-hydrogen) atoms. The predicted molar refractivity (Wildman–Crippen MR) is 159 cm³/mol. The number of allylic oxidation sites excluding steroid dienone is 5. The molecule has 0 aliphatic heterocycles. The number of sulfone groups is 1. The highest BCUT2D eigenvalue weighted by Gasteiger charge is 2.33. The van der Waals surface area contributed by atoms with Crippen LogP contribution in [0.2, 0.25) is 0 Å². The van der Waals surface area contributed by atoms with E-state index >= 15 is 0 Å². The molecule has 3 aromatic carbocycles. The number of carbonyl (C=O) groups excluding carboxylic acids is 3. The number of ketones is 2. The average Bonchev–Trinajstić information content (AvgIpc) is 2.94. The SMILES string of the molecule is CCOC(=O)/C=C(C)/C=C/C=C(\C)CC(c1ccc2c(c1)C(=O)c1ccccc1C2=O)S(=O)(=O)c1ccc(C)cc1.